The van der Waals surface area contributed by atoms with Crippen LogP contribution in [-0.4, -0.2) is 35.4 Å². The Balaban J connectivity index is 2.13. The third-order valence-corrected chi connectivity index (χ3v) is 3.09. The summed E-state index contributed by atoms with van der Waals surface area (Å²) in [6, 6.07) is 7.15. The van der Waals surface area contributed by atoms with E-state index in [0.717, 1.165) is 0 Å². The summed E-state index contributed by atoms with van der Waals surface area (Å²) in [6.45, 7) is 5.75. The van der Waals surface area contributed by atoms with Gasteiger partial charge in [-0.3, -0.25) is 15.5 Å². The Morgan fingerprint density at radius 1 is 1.21 bits per heavy atom. The van der Waals surface area contributed by atoms with Crippen molar-refractivity contribution in [3.05, 3.63) is 40.7 Å². The van der Waals surface area contributed by atoms with Crippen molar-refractivity contribution in [2.75, 3.05) is 5.43 Å². The lowest BCUT2D eigenvalue weighted by Gasteiger charge is -2.21. The van der Waals surface area contributed by atoms with E-state index in [0.29, 0.717) is 11.0 Å². The smallest absolute Gasteiger partial charge is 0.299 e. The topological polar surface area (TPSA) is 124 Å². The standard InChI is InChI=1S/C14H16N8O2/c1-14(2,3)19-18-12-11(22(23)24)13(16-8-15-12)21-10-7-5-4-6-9(10)17-20-21/h4-8,19H,1-3H3,(H,15,16,18). The average Bonchev–Trinajstić information content (AvgIpc) is 2.95. The lowest BCUT2D eigenvalue weighted by atomic mass is 10.1. The fourth-order valence-electron chi connectivity index (χ4n) is 2.06. The maximum atomic E-state index is 11.6. The Bertz CT molecular complexity index is 899. The van der Waals surface area contributed by atoms with Gasteiger partial charge in [-0.25, -0.2) is 15.4 Å². The van der Waals surface area contributed by atoms with Gasteiger partial charge in [0.05, 0.1) is 10.4 Å². The lowest BCUT2D eigenvalue weighted by Crippen LogP contribution is -2.40. The zero-order valence-electron chi connectivity index (χ0n) is 13.4. The van der Waals surface area contributed by atoms with Crippen LogP contribution < -0.4 is 10.9 Å². The molecule has 0 saturated heterocycles. The molecule has 3 rings (SSSR count). The van der Waals surface area contributed by atoms with Crippen LogP contribution in [0.5, 0.6) is 0 Å². The highest BCUT2D eigenvalue weighted by molar-refractivity contribution is 5.77. The minimum absolute atomic E-state index is 0.0434. The van der Waals surface area contributed by atoms with Crippen LogP contribution in [0, 0.1) is 10.1 Å². The summed E-state index contributed by atoms with van der Waals surface area (Å²) in [6.07, 6.45) is 1.24. The molecule has 0 aliphatic heterocycles. The highest BCUT2D eigenvalue weighted by Crippen LogP contribution is 2.28. The minimum atomic E-state index is -0.543. The van der Waals surface area contributed by atoms with Crippen molar-refractivity contribution in [1.82, 2.24) is 30.4 Å². The summed E-state index contributed by atoms with van der Waals surface area (Å²) in [5.41, 5.74) is 6.38. The van der Waals surface area contributed by atoms with Gasteiger partial charge < -0.3 is 0 Å². The Kier molecular flexibility index (Phi) is 3.81. The van der Waals surface area contributed by atoms with E-state index in [1.54, 1.807) is 18.2 Å². The summed E-state index contributed by atoms with van der Waals surface area (Å²) in [5, 5.41) is 19.6. The van der Waals surface area contributed by atoms with Gasteiger partial charge >= 0.3 is 5.69 Å². The largest absolute Gasteiger partial charge is 0.357 e. The number of benzene rings is 1. The molecule has 0 atom stereocenters. The van der Waals surface area contributed by atoms with E-state index in [4.69, 9.17) is 0 Å². The molecule has 2 heterocycles. The van der Waals surface area contributed by atoms with Crippen LogP contribution in [0.1, 0.15) is 20.8 Å². The summed E-state index contributed by atoms with van der Waals surface area (Å²) in [4.78, 5) is 19.1. The maximum Gasteiger partial charge on any atom is 0.357 e. The van der Waals surface area contributed by atoms with E-state index in [1.165, 1.54) is 11.0 Å². The molecule has 0 amide bonds. The van der Waals surface area contributed by atoms with E-state index in [-0.39, 0.29) is 22.9 Å². The molecule has 24 heavy (non-hydrogen) atoms. The van der Waals surface area contributed by atoms with Gasteiger partial charge in [-0.05, 0) is 32.9 Å². The predicted molar refractivity (Wildman–Crippen MR) is 87.6 cm³/mol. The molecule has 0 aliphatic carbocycles. The van der Waals surface area contributed by atoms with E-state index in [2.05, 4.69) is 31.1 Å². The number of nitrogens with zero attached hydrogens (tertiary/aromatic N) is 6. The van der Waals surface area contributed by atoms with Crippen LogP contribution in [0.3, 0.4) is 0 Å². The maximum absolute atomic E-state index is 11.6. The first-order valence-electron chi connectivity index (χ1n) is 7.20. The van der Waals surface area contributed by atoms with Crippen molar-refractivity contribution in [2.24, 2.45) is 0 Å². The van der Waals surface area contributed by atoms with Gasteiger partial charge in [-0.2, -0.15) is 4.68 Å². The first-order chi connectivity index (χ1) is 11.4. The number of aromatic nitrogens is 5. The van der Waals surface area contributed by atoms with Crippen LogP contribution in [0.4, 0.5) is 11.5 Å². The molecule has 10 nitrogen and oxygen atoms in total. The molecule has 0 fully saturated rings. The van der Waals surface area contributed by atoms with Crippen LogP contribution in [-0.2, 0) is 0 Å². The highest BCUT2D eigenvalue weighted by Gasteiger charge is 2.27. The van der Waals surface area contributed by atoms with Crippen LogP contribution in [0.2, 0.25) is 0 Å². The van der Waals surface area contributed by atoms with Gasteiger partial charge in [0.2, 0.25) is 11.6 Å². The molecule has 2 aromatic heterocycles. The first-order valence-corrected chi connectivity index (χ1v) is 7.20. The van der Waals surface area contributed by atoms with Gasteiger partial charge in [0.1, 0.15) is 11.8 Å². The second kappa shape index (κ2) is 5.81. The Labute approximate surface area is 137 Å². The Hall–Kier alpha value is -3.14. The van der Waals surface area contributed by atoms with Crippen LogP contribution in [0.25, 0.3) is 16.9 Å². The van der Waals surface area contributed by atoms with Gasteiger partial charge in [0, 0.05) is 5.54 Å². The van der Waals surface area contributed by atoms with Crippen molar-refractivity contribution in [2.45, 2.75) is 26.3 Å². The summed E-state index contributed by atoms with van der Waals surface area (Å²) >= 11 is 0. The Morgan fingerprint density at radius 3 is 2.67 bits per heavy atom. The molecular weight excluding hydrogens is 312 g/mol. The number of nitrogens with one attached hydrogen (secondary N) is 2. The highest BCUT2D eigenvalue weighted by atomic mass is 16.6. The summed E-state index contributed by atoms with van der Waals surface area (Å²) in [7, 11) is 0. The van der Waals surface area contributed by atoms with Crippen LogP contribution in [0.15, 0.2) is 30.6 Å². The molecule has 1 aromatic carbocycles. The molecule has 0 bridgehead atoms. The molecular formula is C14H16N8O2. The molecule has 0 unspecified atom stereocenters. The molecule has 3 aromatic rings. The molecule has 0 aliphatic rings. The zero-order chi connectivity index (χ0) is 17.3. The number of para-hydroxylation sites is 1. The van der Waals surface area contributed by atoms with E-state index >= 15 is 0 Å². The SMILES string of the molecule is CC(C)(C)NNc1ncnc(-n2nnc3ccccc32)c1[N+](=O)[O-]. The number of hydrogen-bond donors (Lipinski definition) is 2. The normalized spacial score (nSPS) is 11.6. The summed E-state index contributed by atoms with van der Waals surface area (Å²) in [5.74, 6) is 0.0985. The number of hydrazine groups is 1. The molecule has 0 saturated carbocycles. The number of anilines is 1. The van der Waals surface area contributed by atoms with Crippen LogP contribution >= 0.6 is 0 Å². The summed E-state index contributed by atoms with van der Waals surface area (Å²) < 4.78 is 1.33. The molecule has 2 N–H and O–H groups in total. The minimum Gasteiger partial charge on any atom is -0.299 e. The quantitative estimate of drug-likeness (QED) is 0.549. The fraction of sp³-hybridized carbons (Fsp3) is 0.286. The number of nitro groups is 1. The third kappa shape index (κ3) is 2.99. The van der Waals surface area contributed by atoms with E-state index in [9.17, 15) is 10.1 Å². The van der Waals surface area contributed by atoms with Gasteiger partial charge in [0.25, 0.3) is 0 Å². The fourth-order valence-corrected chi connectivity index (χ4v) is 2.06. The average molecular weight is 328 g/mol. The molecule has 124 valence electrons. The van der Waals surface area contributed by atoms with Gasteiger partial charge in [-0.15, -0.1) is 5.10 Å². The van der Waals surface area contributed by atoms with Crippen molar-refractivity contribution < 1.29 is 4.92 Å². The van der Waals surface area contributed by atoms with Crippen molar-refractivity contribution >= 4 is 22.5 Å². The molecule has 0 radical (unpaired) electrons. The van der Waals surface area contributed by atoms with Crippen molar-refractivity contribution in [3.8, 4) is 5.82 Å². The lowest BCUT2D eigenvalue weighted by molar-refractivity contribution is -0.384. The Morgan fingerprint density at radius 2 is 1.96 bits per heavy atom. The molecule has 0 spiro atoms. The van der Waals surface area contributed by atoms with Gasteiger partial charge in [-0.1, -0.05) is 17.3 Å². The predicted octanol–water partition coefficient (Wildman–Crippen LogP) is 1.83. The van der Waals surface area contributed by atoms with Crippen molar-refractivity contribution in [3.63, 3.8) is 0 Å². The molecule has 10 heteroatoms. The number of hydrogen-bond acceptors (Lipinski definition) is 8. The number of rotatable bonds is 4. The second-order valence-electron chi connectivity index (χ2n) is 6.14. The van der Waals surface area contributed by atoms with Crippen molar-refractivity contribution in [1.29, 1.82) is 0 Å². The number of fused-ring (bicyclic) bond motifs is 1. The first kappa shape index (κ1) is 15.7. The van der Waals surface area contributed by atoms with Gasteiger partial charge in [0.15, 0.2) is 0 Å². The third-order valence-electron chi connectivity index (χ3n) is 3.09. The van der Waals surface area contributed by atoms with E-state index in [1.807, 2.05) is 26.8 Å². The monoisotopic (exact) mass is 328 g/mol. The van der Waals surface area contributed by atoms with E-state index < -0.39 is 4.92 Å². The second-order valence-corrected chi connectivity index (χ2v) is 6.14. The zero-order valence-corrected chi connectivity index (χ0v) is 13.4.